The summed E-state index contributed by atoms with van der Waals surface area (Å²) in [5.74, 6) is -0.419. The van der Waals surface area contributed by atoms with Crippen LogP contribution in [0.3, 0.4) is 0 Å². The lowest BCUT2D eigenvalue weighted by molar-refractivity contribution is -0.118. The van der Waals surface area contributed by atoms with Crippen molar-refractivity contribution < 1.29 is 13.9 Å². The van der Waals surface area contributed by atoms with E-state index in [0.717, 1.165) is 16.7 Å². The van der Waals surface area contributed by atoms with Crippen LogP contribution in [0.5, 0.6) is 0 Å². The van der Waals surface area contributed by atoms with E-state index in [0.29, 0.717) is 26.0 Å². The summed E-state index contributed by atoms with van der Waals surface area (Å²) < 4.78 is 22.9. The summed E-state index contributed by atoms with van der Waals surface area (Å²) in [6.07, 6.45) is 2.88. The summed E-state index contributed by atoms with van der Waals surface area (Å²) in [4.78, 5) is 14.1. The second-order valence-corrected chi connectivity index (χ2v) is 11.6. The van der Waals surface area contributed by atoms with E-state index in [4.69, 9.17) is 4.52 Å². The van der Waals surface area contributed by atoms with Gasteiger partial charge in [0.05, 0.1) is 6.61 Å². The fourth-order valence-electron chi connectivity index (χ4n) is 5.18. The third-order valence-electron chi connectivity index (χ3n) is 6.88. The van der Waals surface area contributed by atoms with Crippen molar-refractivity contribution in [3.05, 3.63) is 120 Å². The molecule has 1 fully saturated rings. The molecule has 0 aromatic heterocycles. The van der Waals surface area contributed by atoms with Gasteiger partial charge in [0, 0.05) is 12.5 Å². The predicted molar refractivity (Wildman–Crippen MR) is 142 cm³/mol. The highest BCUT2D eigenvalue weighted by Gasteiger charge is 2.56. The Bertz CT molecular complexity index is 1080. The molecule has 0 N–H and O–H groups in total. The topological polar surface area (TPSA) is 46.6 Å². The molecule has 3 aromatic carbocycles. The molecule has 1 heterocycles. The van der Waals surface area contributed by atoms with Crippen LogP contribution in [0.1, 0.15) is 43.4 Å². The van der Waals surface area contributed by atoms with Crippen LogP contribution in [0, 0.1) is 11.8 Å². The van der Waals surface area contributed by atoms with Crippen LogP contribution in [-0.4, -0.2) is 23.3 Å². The Balaban J connectivity index is 2.04. The summed E-state index contributed by atoms with van der Waals surface area (Å²) in [5.41, 5.74) is 1.55. The van der Waals surface area contributed by atoms with E-state index >= 15 is 0 Å². The number of nitrogens with zero attached hydrogens (tertiary/aromatic N) is 1. The maximum Gasteiger partial charge on any atom is 0.339 e. The molecule has 0 saturated carbocycles. The van der Waals surface area contributed by atoms with Crippen molar-refractivity contribution in [1.82, 2.24) is 4.67 Å². The van der Waals surface area contributed by atoms with Gasteiger partial charge in [-0.25, -0.2) is 4.67 Å². The van der Waals surface area contributed by atoms with Crippen molar-refractivity contribution in [1.29, 1.82) is 0 Å². The third kappa shape index (κ3) is 4.59. The zero-order valence-electron chi connectivity index (χ0n) is 20.5. The highest BCUT2D eigenvalue weighted by Crippen LogP contribution is 2.64. The molecule has 0 bridgehead atoms. The molecule has 0 radical (unpaired) electrons. The van der Waals surface area contributed by atoms with Crippen molar-refractivity contribution in [3.8, 4) is 0 Å². The van der Waals surface area contributed by atoms with E-state index in [1.54, 1.807) is 6.08 Å². The largest absolute Gasteiger partial charge is 0.339 e. The molecular formula is C30H34NO3P. The average Bonchev–Trinajstić information content (AvgIpc) is 2.90. The first-order valence-corrected chi connectivity index (χ1v) is 13.9. The smallest absolute Gasteiger partial charge is 0.312 e. The molecular weight excluding hydrogens is 453 g/mol. The van der Waals surface area contributed by atoms with E-state index in [2.05, 4.69) is 6.58 Å². The number of hydrogen-bond donors (Lipinski definition) is 0. The standard InChI is InChI=1S/C30H34NO3P/c1-4-15-28(24(2)3)29(32)35(33)31(22-14-23-34-35)30(25-16-8-5-9-17-25,26-18-10-6-11-19-26)27-20-12-7-13-21-27/h4-13,16-21,24,28H,1,14-15,22-23H2,2-3H3. The van der Waals surface area contributed by atoms with Gasteiger partial charge < -0.3 is 4.52 Å². The monoisotopic (exact) mass is 487 g/mol. The molecule has 5 heteroatoms. The van der Waals surface area contributed by atoms with Crippen LogP contribution in [0.4, 0.5) is 0 Å². The van der Waals surface area contributed by atoms with Crippen LogP contribution in [0.25, 0.3) is 0 Å². The first-order chi connectivity index (χ1) is 17.0. The minimum atomic E-state index is -3.93. The van der Waals surface area contributed by atoms with Gasteiger partial charge in [0.1, 0.15) is 5.54 Å². The first kappa shape index (κ1) is 25.3. The highest BCUT2D eigenvalue weighted by atomic mass is 31.2. The normalized spacial score (nSPS) is 19.9. The molecule has 2 unspecified atom stereocenters. The Morgan fingerprint density at radius 2 is 1.40 bits per heavy atom. The molecule has 1 aliphatic rings. The summed E-state index contributed by atoms with van der Waals surface area (Å²) in [5, 5.41) is 0. The van der Waals surface area contributed by atoms with Crippen LogP contribution >= 0.6 is 7.52 Å². The van der Waals surface area contributed by atoms with Crippen molar-refractivity contribution in [2.24, 2.45) is 11.8 Å². The summed E-state index contributed by atoms with van der Waals surface area (Å²) in [6, 6.07) is 30.1. The third-order valence-corrected chi connectivity index (χ3v) is 9.44. The van der Waals surface area contributed by atoms with Gasteiger partial charge in [-0.15, -0.1) is 6.58 Å². The fraction of sp³-hybridized carbons (Fsp3) is 0.300. The maximum absolute atomic E-state index is 15.0. The summed E-state index contributed by atoms with van der Waals surface area (Å²) in [7, 11) is -3.93. The van der Waals surface area contributed by atoms with E-state index in [9.17, 15) is 9.36 Å². The lowest BCUT2D eigenvalue weighted by Gasteiger charge is -2.49. The van der Waals surface area contributed by atoms with Gasteiger partial charge in [-0.2, -0.15) is 0 Å². The average molecular weight is 488 g/mol. The molecule has 182 valence electrons. The van der Waals surface area contributed by atoms with Gasteiger partial charge in [-0.05, 0) is 35.4 Å². The number of carbonyl (C=O) groups excluding carboxylic acids is 1. The van der Waals surface area contributed by atoms with E-state index in [1.165, 1.54) is 0 Å². The molecule has 2 atom stereocenters. The van der Waals surface area contributed by atoms with Gasteiger partial charge >= 0.3 is 7.52 Å². The predicted octanol–water partition coefficient (Wildman–Crippen LogP) is 7.27. The Kier molecular flexibility index (Phi) is 7.86. The second-order valence-electron chi connectivity index (χ2n) is 9.35. The molecule has 1 aliphatic heterocycles. The van der Waals surface area contributed by atoms with Gasteiger partial charge in [-0.3, -0.25) is 9.36 Å². The molecule has 0 spiro atoms. The van der Waals surface area contributed by atoms with Crippen molar-refractivity contribution in [3.63, 3.8) is 0 Å². The lowest BCUT2D eigenvalue weighted by Crippen LogP contribution is -2.50. The number of carbonyl (C=O) groups is 1. The van der Waals surface area contributed by atoms with Crippen molar-refractivity contribution >= 4 is 13.0 Å². The molecule has 3 aromatic rings. The Hall–Kier alpha value is -2.78. The molecule has 35 heavy (non-hydrogen) atoms. The zero-order valence-corrected chi connectivity index (χ0v) is 21.4. The Morgan fingerprint density at radius 3 is 1.80 bits per heavy atom. The van der Waals surface area contributed by atoms with E-state index < -0.39 is 19.0 Å². The van der Waals surface area contributed by atoms with Crippen LogP contribution in [0.2, 0.25) is 0 Å². The minimum Gasteiger partial charge on any atom is -0.312 e. The molecule has 4 nitrogen and oxygen atoms in total. The molecule has 1 saturated heterocycles. The fourth-order valence-corrected chi connectivity index (χ4v) is 8.03. The van der Waals surface area contributed by atoms with Crippen molar-refractivity contribution in [2.45, 2.75) is 32.2 Å². The van der Waals surface area contributed by atoms with Crippen LogP contribution in [0.15, 0.2) is 104 Å². The maximum atomic E-state index is 15.0. The quantitative estimate of drug-likeness (QED) is 0.181. The van der Waals surface area contributed by atoms with Crippen LogP contribution < -0.4 is 0 Å². The second kappa shape index (κ2) is 10.9. The van der Waals surface area contributed by atoms with Gasteiger partial charge in [0.2, 0.25) is 5.52 Å². The van der Waals surface area contributed by atoms with Crippen LogP contribution in [-0.2, 0) is 19.4 Å². The van der Waals surface area contributed by atoms with Crippen molar-refractivity contribution in [2.75, 3.05) is 13.2 Å². The van der Waals surface area contributed by atoms with Gasteiger partial charge in [0.25, 0.3) is 0 Å². The number of allylic oxidation sites excluding steroid dienone is 1. The lowest BCUT2D eigenvalue weighted by atomic mass is 9.77. The van der Waals surface area contributed by atoms with E-state index in [-0.39, 0.29) is 11.4 Å². The Labute approximate surface area is 209 Å². The number of rotatable bonds is 9. The van der Waals surface area contributed by atoms with Gasteiger partial charge in [-0.1, -0.05) is 111 Å². The number of hydrogen-bond acceptors (Lipinski definition) is 3. The summed E-state index contributed by atoms with van der Waals surface area (Å²) >= 11 is 0. The molecule has 0 amide bonds. The SMILES string of the molecule is C=CCC(C(=O)P1(=O)OCCCN1C(c1ccccc1)(c1ccccc1)c1ccccc1)C(C)C. The molecule has 4 rings (SSSR count). The minimum absolute atomic E-state index is 0.0123. The highest BCUT2D eigenvalue weighted by molar-refractivity contribution is 7.74. The summed E-state index contributed by atoms with van der Waals surface area (Å²) in [6.45, 7) is 8.60. The van der Waals surface area contributed by atoms with E-state index in [1.807, 2.05) is 110 Å². The zero-order chi connectivity index (χ0) is 24.9. The van der Waals surface area contributed by atoms with Gasteiger partial charge in [0.15, 0.2) is 0 Å². The molecule has 0 aliphatic carbocycles. The number of benzene rings is 3. The first-order valence-electron chi connectivity index (χ1n) is 12.3. The Morgan fingerprint density at radius 1 is 0.943 bits per heavy atom.